The van der Waals surface area contributed by atoms with Crippen molar-refractivity contribution < 1.29 is 0 Å². The molecule has 0 aromatic heterocycles. The SMILES string of the molecule is [CH2]CCC(C)(CC)CC(C)C. The Hall–Kier alpha value is 0. The smallest absolute Gasteiger partial charge is 0.0326 e. The zero-order valence-electron chi connectivity index (χ0n) is 8.61. The second-order valence-electron chi connectivity index (χ2n) is 4.37. The van der Waals surface area contributed by atoms with E-state index in [1.54, 1.807) is 0 Å². The highest BCUT2D eigenvalue weighted by Crippen LogP contribution is 2.34. The molecule has 11 heavy (non-hydrogen) atoms. The Morgan fingerprint density at radius 1 is 1.36 bits per heavy atom. The highest BCUT2D eigenvalue weighted by molar-refractivity contribution is 4.74. The van der Waals surface area contributed by atoms with E-state index in [0.29, 0.717) is 5.41 Å². The van der Waals surface area contributed by atoms with Gasteiger partial charge in [-0.3, -0.25) is 0 Å². The first-order chi connectivity index (χ1) is 5.04. The average molecular weight is 155 g/mol. The summed E-state index contributed by atoms with van der Waals surface area (Å²) in [7, 11) is 0. The molecule has 0 aliphatic carbocycles. The maximum Gasteiger partial charge on any atom is -0.0326 e. The van der Waals surface area contributed by atoms with Crippen LogP contribution in [-0.4, -0.2) is 0 Å². The molecular formula is C11H23. The second kappa shape index (κ2) is 4.79. The van der Waals surface area contributed by atoms with Gasteiger partial charge in [0.1, 0.15) is 0 Å². The van der Waals surface area contributed by atoms with Crippen LogP contribution in [0, 0.1) is 18.3 Å². The molecule has 0 aromatic carbocycles. The summed E-state index contributed by atoms with van der Waals surface area (Å²) >= 11 is 0. The molecule has 0 aliphatic rings. The van der Waals surface area contributed by atoms with Crippen molar-refractivity contribution in [3.05, 3.63) is 6.92 Å². The van der Waals surface area contributed by atoms with Gasteiger partial charge in [-0.25, -0.2) is 0 Å². The fraction of sp³-hybridized carbons (Fsp3) is 0.909. The lowest BCUT2D eigenvalue weighted by Gasteiger charge is -2.29. The molecule has 0 saturated carbocycles. The van der Waals surface area contributed by atoms with Gasteiger partial charge in [0.2, 0.25) is 0 Å². The molecule has 0 fully saturated rings. The minimum Gasteiger partial charge on any atom is -0.0649 e. The molecule has 0 bridgehead atoms. The van der Waals surface area contributed by atoms with Crippen LogP contribution < -0.4 is 0 Å². The van der Waals surface area contributed by atoms with Gasteiger partial charge in [0.05, 0.1) is 0 Å². The van der Waals surface area contributed by atoms with Gasteiger partial charge in [0, 0.05) is 0 Å². The molecule has 0 aromatic rings. The van der Waals surface area contributed by atoms with Gasteiger partial charge in [-0.15, -0.1) is 0 Å². The molecular weight excluding hydrogens is 132 g/mol. The summed E-state index contributed by atoms with van der Waals surface area (Å²) in [5, 5.41) is 0. The fourth-order valence-electron chi connectivity index (χ4n) is 1.84. The number of rotatable bonds is 5. The number of hydrogen-bond acceptors (Lipinski definition) is 0. The first-order valence-electron chi connectivity index (χ1n) is 4.83. The van der Waals surface area contributed by atoms with Crippen molar-refractivity contribution in [2.45, 2.75) is 53.4 Å². The molecule has 0 rings (SSSR count). The molecule has 0 saturated heterocycles. The van der Waals surface area contributed by atoms with Gasteiger partial charge in [0.25, 0.3) is 0 Å². The van der Waals surface area contributed by atoms with E-state index in [0.717, 1.165) is 12.3 Å². The molecule has 0 heterocycles. The van der Waals surface area contributed by atoms with Crippen molar-refractivity contribution in [2.24, 2.45) is 11.3 Å². The summed E-state index contributed by atoms with van der Waals surface area (Å²) in [6, 6.07) is 0. The van der Waals surface area contributed by atoms with Crippen LogP contribution >= 0.6 is 0 Å². The van der Waals surface area contributed by atoms with Crippen LogP contribution in [-0.2, 0) is 0 Å². The van der Waals surface area contributed by atoms with E-state index in [4.69, 9.17) is 0 Å². The zero-order chi connectivity index (χ0) is 8.91. The van der Waals surface area contributed by atoms with Gasteiger partial charge in [-0.1, -0.05) is 47.5 Å². The van der Waals surface area contributed by atoms with Crippen LogP contribution in [0.15, 0.2) is 0 Å². The first kappa shape index (κ1) is 11.0. The molecule has 67 valence electrons. The predicted molar refractivity (Wildman–Crippen MR) is 52.4 cm³/mol. The van der Waals surface area contributed by atoms with Gasteiger partial charge >= 0.3 is 0 Å². The van der Waals surface area contributed by atoms with E-state index < -0.39 is 0 Å². The van der Waals surface area contributed by atoms with Crippen molar-refractivity contribution in [3.63, 3.8) is 0 Å². The van der Waals surface area contributed by atoms with Crippen LogP contribution in [0.3, 0.4) is 0 Å². The average Bonchev–Trinajstić information content (AvgIpc) is 1.87. The summed E-state index contributed by atoms with van der Waals surface area (Å²) in [6.07, 6.45) is 5.00. The standard InChI is InChI=1S/C11H23/c1-6-8-11(5,7-2)9-10(3)4/h10H,1,6-9H2,2-5H3. The van der Waals surface area contributed by atoms with Gasteiger partial charge in [0.15, 0.2) is 0 Å². The Bertz CT molecular complexity index is 94.2. The molecule has 0 amide bonds. The highest BCUT2D eigenvalue weighted by atomic mass is 14.3. The molecule has 0 heteroatoms. The quantitative estimate of drug-likeness (QED) is 0.561. The number of hydrogen-bond donors (Lipinski definition) is 0. The summed E-state index contributed by atoms with van der Waals surface area (Å²) in [5.74, 6) is 0.825. The first-order valence-corrected chi connectivity index (χ1v) is 4.83. The van der Waals surface area contributed by atoms with E-state index in [9.17, 15) is 0 Å². The summed E-state index contributed by atoms with van der Waals surface area (Å²) < 4.78 is 0. The second-order valence-corrected chi connectivity index (χ2v) is 4.37. The Morgan fingerprint density at radius 2 is 1.91 bits per heavy atom. The molecule has 1 unspecified atom stereocenters. The minimum atomic E-state index is 0.552. The van der Waals surface area contributed by atoms with Crippen LogP contribution in [0.4, 0.5) is 0 Å². The van der Waals surface area contributed by atoms with Crippen LogP contribution in [0.5, 0.6) is 0 Å². The van der Waals surface area contributed by atoms with Crippen molar-refractivity contribution in [1.82, 2.24) is 0 Å². The van der Waals surface area contributed by atoms with Gasteiger partial charge in [-0.2, -0.15) is 0 Å². The summed E-state index contributed by atoms with van der Waals surface area (Å²) in [6.45, 7) is 13.2. The fourth-order valence-corrected chi connectivity index (χ4v) is 1.84. The van der Waals surface area contributed by atoms with Gasteiger partial charge in [-0.05, 0) is 24.2 Å². The molecule has 0 spiro atoms. The maximum absolute atomic E-state index is 3.93. The molecule has 0 nitrogen and oxygen atoms in total. The third-order valence-electron chi connectivity index (χ3n) is 2.53. The Kier molecular flexibility index (Phi) is 4.79. The van der Waals surface area contributed by atoms with E-state index in [1.807, 2.05) is 0 Å². The van der Waals surface area contributed by atoms with Crippen molar-refractivity contribution in [3.8, 4) is 0 Å². The topological polar surface area (TPSA) is 0 Å². The Morgan fingerprint density at radius 3 is 2.18 bits per heavy atom. The third kappa shape index (κ3) is 4.44. The van der Waals surface area contributed by atoms with E-state index in [-0.39, 0.29) is 0 Å². The largest absolute Gasteiger partial charge is 0.0649 e. The van der Waals surface area contributed by atoms with Crippen LogP contribution in [0.1, 0.15) is 53.4 Å². The zero-order valence-corrected chi connectivity index (χ0v) is 8.61. The highest BCUT2D eigenvalue weighted by Gasteiger charge is 2.21. The van der Waals surface area contributed by atoms with Crippen molar-refractivity contribution in [1.29, 1.82) is 0 Å². The predicted octanol–water partition coefficient (Wildman–Crippen LogP) is 4.06. The lowest BCUT2D eigenvalue weighted by atomic mass is 9.76. The Labute approximate surface area is 72.4 Å². The molecule has 1 atom stereocenters. The lowest BCUT2D eigenvalue weighted by Crippen LogP contribution is -2.17. The van der Waals surface area contributed by atoms with Gasteiger partial charge < -0.3 is 0 Å². The normalized spacial score (nSPS) is 16.9. The third-order valence-corrected chi connectivity index (χ3v) is 2.53. The Balaban J connectivity index is 3.87. The van der Waals surface area contributed by atoms with E-state index in [2.05, 4.69) is 34.6 Å². The monoisotopic (exact) mass is 155 g/mol. The van der Waals surface area contributed by atoms with E-state index in [1.165, 1.54) is 19.3 Å². The van der Waals surface area contributed by atoms with Crippen molar-refractivity contribution >= 4 is 0 Å². The van der Waals surface area contributed by atoms with Crippen molar-refractivity contribution in [2.75, 3.05) is 0 Å². The maximum atomic E-state index is 3.93. The molecule has 0 aliphatic heterocycles. The molecule has 1 radical (unpaired) electrons. The van der Waals surface area contributed by atoms with E-state index >= 15 is 0 Å². The van der Waals surface area contributed by atoms with Crippen LogP contribution in [0.25, 0.3) is 0 Å². The molecule has 0 N–H and O–H groups in total. The summed E-state index contributed by atoms with van der Waals surface area (Å²) in [4.78, 5) is 0. The summed E-state index contributed by atoms with van der Waals surface area (Å²) in [5.41, 5.74) is 0.552. The van der Waals surface area contributed by atoms with Crippen LogP contribution in [0.2, 0.25) is 0 Å². The lowest BCUT2D eigenvalue weighted by molar-refractivity contribution is 0.228. The minimum absolute atomic E-state index is 0.552.